The van der Waals surface area contributed by atoms with Crippen LogP contribution < -0.4 is 0 Å². The molecule has 0 aromatic heterocycles. The molecule has 0 spiro atoms. The maximum absolute atomic E-state index is 3.75. The van der Waals surface area contributed by atoms with Crippen molar-refractivity contribution in [3.8, 4) is 0 Å². The summed E-state index contributed by atoms with van der Waals surface area (Å²) in [5.74, 6) is 2.62. The Morgan fingerprint density at radius 1 is 0.579 bits per heavy atom. The predicted molar refractivity (Wildman–Crippen MR) is 99.1 cm³/mol. The molecular formula is C16H30S3. The maximum Gasteiger partial charge on any atom is 0.00451 e. The molecule has 0 radical (unpaired) electrons. The van der Waals surface area contributed by atoms with Crippen LogP contribution in [0, 0.1) is 0 Å². The summed E-state index contributed by atoms with van der Waals surface area (Å²) in [4.78, 5) is 0. The van der Waals surface area contributed by atoms with Crippen molar-refractivity contribution < 1.29 is 0 Å². The zero-order chi connectivity index (χ0) is 14.0. The Hall–Kier alpha value is 0.530. The van der Waals surface area contributed by atoms with Crippen LogP contribution in [0.2, 0.25) is 0 Å². The molecule has 0 heterocycles. The normalized spacial score (nSPS) is 10.5. The van der Waals surface area contributed by atoms with Gasteiger partial charge in [0.15, 0.2) is 0 Å². The van der Waals surface area contributed by atoms with Crippen molar-refractivity contribution in [2.24, 2.45) is 0 Å². The van der Waals surface area contributed by atoms with Crippen molar-refractivity contribution in [2.75, 3.05) is 11.5 Å². The maximum atomic E-state index is 3.75. The molecule has 0 aromatic carbocycles. The van der Waals surface area contributed by atoms with Crippen LogP contribution in [0.25, 0.3) is 0 Å². The van der Waals surface area contributed by atoms with Gasteiger partial charge in [-0.1, -0.05) is 59.4 Å². The first-order chi connectivity index (χ1) is 9.41. The average Bonchev–Trinajstić information content (AvgIpc) is 2.43. The van der Waals surface area contributed by atoms with Gasteiger partial charge in [-0.2, -0.15) is 0 Å². The molecule has 0 atom stereocenters. The highest BCUT2D eigenvalue weighted by Gasteiger charge is 1.94. The van der Waals surface area contributed by atoms with E-state index >= 15 is 0 Å². The number of rotatable bonds is 16. The van der Waals surface area contributed by atoms with Crippen molar-refractivity contribution in [3.63, 3.8) is 0 Å². The van der Waals surface area contributed by atoms with Gasteiger partial charge in [-0.05, 0) is 48.4 Å². The standard InChI is InChI=1S/C16H30S3/c1-3-5-7-9-11-13-15-17-19-18-16-14-12-10-8-6-4-2/h3-4H,1-2,5-16H2. The monoisotopic (exact) mass is 318 g/mol. The van der Waals surface area contributed by atoms with Gasteiger partial charge in [0.2, 0.25) is 0 Å². The van der Waals surface area contributed by atoms with Crippen molar-refractivity contribution in [1.82, 2.24) is 0 Å². The van der Waals surface area contributed by atoms with Crippen molar-refractivity contribution >= 4 is 31.4 Å². The quantitative estimate of drug-likeness (QED) is 0.167. The molecule has 0 fully saturated rings. The first-order valence-corrected chi connectivity index (χ1v) is 11.4. The molecule has 0 nitrogen and oxygen atoms in total. The summed E-state index contributed by atoms with van der Waals surface area (Å²) in [7, 11) is 6.06. The van der Waals surface area contributed by atoms with Crippen LogP contribution in [0.3, 0.4) is 0 Å². The number of allylic oxidation sites excluding steroid dienone is 2. The highest BCUT2D eigenvalue weighted by molar-refractivity contribution is 9.09. The lowest BCUT2D eigenvalue weighted by Gasteiger charge is -2.01. The largest absolute Gasteiger partial charge is 0.103 e. The molecule has 112 valence electrons. The van der Waals surface area contributed by atoms with Crippen LogP contribution in [-0.2, 0) is 0 Å². The van der Waals surface area contributed by atoms with Gasteiger partial charge in [0.25, 0.3) is 0 Å². The van der Waals surface area contributed by atoms with E-state index in [9.17, 15) is 0 Å². The van der Waals surface area contributed by atoms with Gasteiger partial charge >= 0.3 is 0 Å². The summed E-state index contributed by atoms with van der Waals surface area (Å²) in [6.45, 7) is 7.50. The summed E-state index contributed by atoms with van der Waals surface area (Å²) in [5.41, 5.74) is 0. The van der Waals surface area contributed by atoms with Gasteiger partial charge in [-0.15, -0.1) is 13.2 Å². The van der Waals surface area contributed by atoms with E-state index in [2.05, 4.69) is 13.2 Å². The van der Waals surface area contributed by atoms with Crippen molar-refractivity contribution in [2.45, 2.75) is 64.2 Å². The second-order valence-electron chi connectivity index (χ2n) is 4.70. The Kier molecular flexibility index (Phi) is 19.0. The molecule has 0 saturated heterocycles. The van der Waals surface area contributed by atoms with Gasteiger partial charge < -0.3 is 0 Å². The molecular weight excluding hydrogens is 288 g/mol. The molecule has 0 saturated carbocycles. The van der Waals surface area contributed by atoms with E-state index in [-0.39, 0.29) is 0 Å². The third-order valence-electron chi connectivity index (χ3n) is 2.87. The van der Waals surface area contributed by atoms with Gasteiger partial charge in [-0.25, -0.2) is 0 Å². The molecule has 0 rings (SSSR count). The second-order valence-corrected chi connectivity index (χ2v) is 9.17. The van der Waals surface area contributed by atoms with E-state index in [1.807, 2.05) is 43.6 Å². The minimum Gasteiger partial charge on any atom is -0.103 e. The minimum atomic E-state index is 1.19. The van der Waals surface area contributed by atoms with E-state index < -0.39 is 0 Å². The molecule has 3 heteroatoms. The first-order valence-electron chi connectivity index (χ1n) is 7.54. The Balaban J connectivity index is 2.91. The van der Waals surface area contributed by atoms with E-state index in [1.165, 1.54) is 75.7 Å². The van der Waals surface area contributed by atoms with E-state index in [1.54, 1.807) is 0 Å². The van der Waals surface area contributed by atoms with Crippen molar-refractivity contribution in [3.05, 3.63) is 25.3 Å². The third-order valence-corrected chi connectivity index (χ3v) is 7.28. The van der Waals surface area contributed by atoms with E-state index in [0.29, 0.717) is 0 Å². The number of hydrogen-bond acceptors (Lipinski definition) is 3. The Bertz CT molecular complexity index is 172. The zero-order valence-corrected chi connectivity index (χ0v) is 14.7. The molecule has 0 aliphatic carbocycles. The fourth-order valence-electron chi connectivity index (χ4n) is 1.71. The lowest BCUT2D eigenvalue weighted by Crippen LogP contribution is -1.80. The van der Waals surface area contributed by atoms with Crippen LogP contribution in [0.1, 0.15) is 64.2 Å². The average molecular weight is 319 g/mol. The zero-order valence-electron chi connectivity index (χ0n) is 12.3. The summed E-state index contributed by atoms with van der Waals surface area (Å²) >= 11 is 0. The molecule has 19 heavy (non-hydrogen) atoms. The molecule has 0 aliphatic rings. The lowest BCUT2D eigenvalue weighted by atomic mass is 10.2. The molecule has 0 amide bonds. The first kappa shape index (κ1) is 19.5. The van der Waals surface area contributed by atoms with Gasteiger partial charge in [0, 0.05) is 11.5 Å². The van der Waals surface area contributed by atoms with Crippen LogP contribution in [0.4, 0.5) is 0 Å². The van der Waals surface area contributed by atoms with Crippen LogP contribution in [0.5, 0.6) is 0 Å². The topological polar surface area (TPSA) is 0 Å². The lowest BCUT2D eigenvalue weighted by molar-refractivity contribution is 0.679. The highest BCUT2D eigenvalue weighted by atomic mass is 33.5. The van der Waals surface area contributed by atoms with Crippen molar-refractivity contribution in [1.29, 1.82) is 0 Å². The summed E-state index contributed by atoms with van der Waals surface area (Å²) < 4.78 is 0. The fourth-order valence-corrected chi connectivity index (χ4v) is 5.71. The van der Waals surface area contributed by atoms with Crippen LogP contribution in [0.15, 0.2) is 25.3 Å². The molecule has 0 bridgehead atoms. The smallest absolute Gasteiger partial charge is 0.00451 e. The second kappa shape index (κ2) is 18.5. The van der Waals surface area contributed by atoms with Crippen LogP contribution in [-0.4, -0.2) is 11.5 Å². The summed E-state index contributed by atoms with van der Waals surface area (Å²) in [6.07, 6.45) is 17.3. The fraction of sp³-hybridized carbons (Fsp3) is 0.750. The Morgan fingerprint density at radius 2 is 1.00 bits per heavy atom. The number of unbranched alkanes of at least 4 members (excludes halogenated alkanes) is 8. The third kappa shape index (κ3) is 18.5. The summed E-state index contributed by atoms with van der Waals surface area (Å²) in [6, 6.07) is 0. The number of hydrogen-bond donors (Lipinski definition) is 0. The predicted octanol–water partition coefficient (Wildman–Crippen LogP) is 7.29. The molecule has 0 N–H and O–H groups in total. The Labute approximate surface area is 132 Å². The molecule has 0 unspecified atom stereocenters. The molecule has 0 aromatic rings. The van der Waals surface area contributed by atoms with E-state index in [4.69, 9.17) is 0 Å². The van der Waals surface area contributed by atoms with E-state index in [0.717, 1.165) is 0 Å². The minimum absolute atomic E-state index is 1.19. The van der Waals surface area contributed by atoms with Gasteiger partial charge in [0.1, 0.15) is 0 Å². The van der Waals surface area contributed by atoms with Crippen LogP contribution >= 0.6 is 31.4 Å². The van der Waals surface area contributed by atoms with Gasteiger partial charge in [-0.3, -0.25) is 0 Å². The molecule has 0 aliphatic heterocycles. The highest BCUT2D eigenvalue weighted by Crippen LogP contribution is 2.35. The Morgan fingerprint density at radius 3 is 1.42 bits per heavy atom. The SMILES string of the molecule is C=CCCCCCCSSSCCCCCCC=C. The summed E-state index contributed by atoms with van der Waals surface area (Å²) in [5, 5.41) is 0. The van der Waals surface area contributed by atoms with Gasteiger partial charge in [0.05, 0.1) is 0 Å².